The van der Waals surface area contributed by atoms with Gasteiger partial charge in [0.2, 0.25) is 0 Å². The molecule has 0 bridgehead atoms. The van der Waals surface area contributed by atoms with Gasteiger partial charge in [-0.05, 0) is 31.6 Å². The molecule has 0 radical (unpaired) electrons. The van der Waals surface area contributed by atoms with Crippen LogP contribution >= 0.6 is 0 Å². The van der Waals surface area contributed by atoms with Crippen LogP contribution < -0.4 is 10.6 Å². The molecular formula is C14H24N4O. The Bertz CT molecular complexity index is 402. The van der Waals surface area contributed by atoms with Crippen LogP contribution in [0.2, 0.25) is 0 Å². The zero-order chi connectivity index (χ0) is 13.7. The molecule has 1 fully saturated rings. The van der Waals surface area contributed by atoms with Crippen LogP contribution in [-0.2, 0) is 0 Å². The second-order valence-corrected chi connectivity index (χ2v) is 5.47. The lowest BCUT2D eigenvalue weighted by molar-refractivity contribution is 0.00223. The van der Waals surface area contributed by atoms with Gasteiger partial charge in [0.15, 0.2) is 0 Å². The first-order valence-electron chi connectivity index (χ1n) is 7.11. The van der Waals surface area contributed by atoms with Crippen molar-refractivity contribution in [2.24, 2.45) is 5.92 Å². The minimum absolute atomic E-state index is 0.559. The van der Waals surface area contributed by atoms with Crippen LogP contribution in [0.4, 0.5) is 11.6 Å². The molecule has 0 spiro atoms. The van der Waals surface area contributed by atoms with Gasteiger partial charge in [0.05, 0.1) is 5.60 Å². The smallest absolute Gasteiger partial charge is 0.131 e. The Morgan fingerprint density at radius 2 is 2.00 bits per heavy atom. The van der Waals surface area contributed by atoms with E-state index < -0.39 is 5.60 Å². The molecule has 1 aliphatic rings. The van der Waals surface area contributed by atoms with Crippen LogP contribution in [0.5, 0.6) is 0 Å². The fourth-order valence-electron chi connectivity index (χ4n) is 2.65. The van der Waals surface area contributed by atoms with E-state index >= 15 is 0 Å². The molecule has 0 atom stereocenters. The van der Waals surface area contributed by atoms with Crippen molar-refractivity contribution >= 4 is 11.6 Å². The molecule has 1 heterocycles. The van der Waals surface area contributed by atoms with E-state index in [9.17, 15) is 5.11 Å². The molecule has 1 aliphatic carbocycles. The van der Waals surface area contributed by atoms with Crippen LogP contribution in [0.25, 0.3) is 0 Å². The van der Waals surface area contributed by atoms with E-state index in [-0.39, 0.29) is 0 Å². The molecule has 0 saturated heterocycles. The fourth-order valence-corrected chi connectivity index (χ4v) is 2.65. The fraction of sp³-hybridized carbons (Fsp3) is 0.714. The molecule has 5 nitrogen and oxygen atoms in total. The number of nitrogens with one attached hydrogen (secondary N) is 2. The summed E-state index contributed by atoms with van der Waals surface area (Å²) < 4.78 is 0. The number of hydrogen-bond acceptors (Lipinski definition) is 5. The summed E-state index contributed by atoms with van der Waals surface area (Å²) in [6, 6.07) is 1.85. The second-order valence-electron chi connectivity index (χ2n) is 5.47. The maximum atomic E-state index is 10.6. The number of hydrogen-bond donors (Lipinski definition) is 3. The first-order valence-corrected chi connectivity index (χ1v) is 7.11. The topological polar surface area (TPSA) is 70.1 Å². The minimum Gasteiger partial charge on any atom is -0.388 e. The first-order chi connectivity index (χ1) is 9.15. The highest BCUT2D eigenvalue weighted by Crippen LogP contribution is 2.33. The Labute approximate surface area is 114 Å². The molecule has 1 aromatic heterocycles. The maximum Gasteiger partial charge on any atom is 0.131 e. The van der Waals surface area contributed by atoms with Gasteiger partial charge >= 0.3 is 0 Å². The second kappa shape index (κ2) is 6.19. The maximum absolute atomic E-state index is 10.6. The molecule has 19 heavy (non-hydrogen) atoms. The normalized spacial score (nSPS) is 27.0. The molecule has 0 amide bonds. The van der Waals surface area contributed by atoms with Gasteiger partial charge in [-0.15, -0.1) is 0 Å². The Hall–Kier alpha value is -1.36. The van der Waals surface area contributed by atoms with Crippen molar-refractivity contribution in [2.75, 3.05) is 24.2 Å². The number of nitrogens with zero attached hydrogens (tertiary/aromatic N) is 2. The van der Waals surface area contributed by atoms with E-state index in [2.05, 4.69) is 27.5 Å². The highest BCUT2D eigenvalue weighted by Gasteiger charge is 2.32. The van der Waals surface area contributed by atoms with Crippen LogP contribution in [-0.4, -0.2) is 34.3 Å². The third-order valence-corrected chi connectivity index (χ3v) is 4.14. The summed E-state index contributed by atoms with van der Waals surface area (Å²) in [5.74, 6) is 2.32. The number of aromatic nitrogens is 2. The van der Waals surface area contributed by atoms with Gasteiger partial charge in [0.25, 0.3) is 0 Å². The van der Waals surface area contributed by atoms with Crippen LogP contribution in [0, 0.1) is 5.92 Å². The summed E-state index contributed by atoms with van der Waals surface area (Å²) in [5.41, 5.74) is -0.587. The van der Waals surface area contributed by atoms with Crippen molar-refractivity contribution in [1.29, 1.82) is 0 Å². The van der Waals surface area contributed by atoms with E-state index in [0.29, 0.717) is 6.54 Å². The Balaban J connectivity index is 1.87. The van der Waals surface area contributed by atoms with Crippen molar-refractivity contribution in [1.82, 2.24) is 9.97 Å². The predicted molar refractivity (Wildman–Crippen MR) is 77.3 cm³/mol. The van der Waals surface area contributed by atoms with Crippen molar-refractivity contribution in [3.05, 3.63) is 12.4 Å². The standard InChI is InChI=1S/C14H24N4O/c1-3-11-4-6-14(19,7-5-11)9-16-13-8-12(15-2)17-10-18-13/h8,10-11,19H,3-7,9H2,1-2H3,(H2,15,16,17,18). The lowest BCUT2D eigenvalue weighted by Gasteiger charge is -2.36. The van der Waals surface area contributed by atoms with E-state index in [4.69, 9.17) is 0 Å². The first kappa shape index (κ1) is 14.1. The van der Waals surface area contributed by atoms with Gasteiger partial charge in [0.1, 0.15) is 18.0 Å². The lowest BCUT2D eigenvalue weighted by atomic mass is 9.78. The van der Waals surface area contributed by atoms with Gasteiger partial charge in [-0.3, -0.25) is 0 Å². The monoisotopic (exact) mass is 264 g/mol. The Morgan fingerprint density at radius 3 is 2.63 bits per heavy atom. The molecule has 5 heteroatoms. The van der Waals surface area contributed by atoms with E-state index in [1.807, 2.05) is 13.1 Å². The summed E-state index contributed by atoms with van der Waals surface area (Å²) in [6.45, 7) is 2.79. The van der Waals surface area contributed by atoms with Gasteiger partial charge in [-0.1, -0.05) is 13.3 Å². The molecule has 1 aromatic rings. The van der Waals surface area contributed by atoms with Crippen LogP contribution in [0.1, 0.15) is 39.0 Å². The molecular weight excluding hydrogens is 240 g/mol. The Morgan fingerprint density at radius 1 is 1.32 bits per heavy atom. The number of aliphatic hydroxyl groups is 1. The summed E-state index contributed by atoms with van der Waals surface area (Å²) in [5, 5.41) is 16.7. The molecule has 2 rings (SSSR count). The lowest BCUT2D eigenvalue weighted by Crippen LogP contribution is -2.40. The minimum atomic E-state index is -0.587. The molecule has 106 valence electrons. The number of anilines is 2. The van der Waals surface area contributed by atoms with E-state index in [0.717, 1.165) is 43.2 Å². The van der Waals surface area contributed by atoms with E-state index in [1.165, 1.54) is 12.7 Å². The molecule has 0 unspecified atom stereocenters. The van der Waals surface area contributed by atoms with Crippen LogP contribution in [0.15, 0.2) is 12.4 Å². The summed E-state index contributed by atoms with van der Waals surface area (Å²) in [7, 11) is 1.83. The van der Waals surface area contributed by atoms with Crippen molar-refractivity contribution < 1.29 is 5.11 Å². The third kappa shape index (κ3) is 3.80. The molecule has 3 N–H and O–H groups in total. The van der Waals surface area contributed by atoms with Crippen molar-refractivity contribution in [3.8, 4) is 0 Å². The molecule has 1 saturated carbocycles. The number of rotatable bonds is 5. The highest BCUT2D eigenvalue weighted by molar-refractivity contribution is 5.46. The van der Waals surface area contributed by atoms with Crippen molar-refractivity contribution in [3.63, 3.8) is 0 Å². The highest BCUT2D eigenvalue weighted by atomic mass is 16.3. The zero-order valence-corrected chi connectivity index (χ0v) is 11.8. The summed E-state index contributed by atoms with van der Waals surface area (Å²) in [4.78, 5) is 8.23. The SMILES string of the molecule is CCC1CCC(O)(CNc2cc(NC)ncn2)CC1. The Kier molecular flexibility index (Phi) is 4.58. The van der Waals surface area contributed by atoms with Crippen molar-refractivity contribution in [2.45, 2.75) is 44.6 Å². The summed E-state index contributed by atoms with van der Waals surface area (Å²) >= 11 is 0. The van der Waals surface area contributed by atoms with Gasteiger partial charge in [-0.25, -0.2) is 9.97 Å². The van der Waals surface area contributed by atoms with Gasteiger partial charge < -0.3 is 15.7 Å². The predicted octanol–water partition coefficient (Wildman–Crippen LogP) is 2.26. The molecule has 0 aromatic carbocycles. The third-order valence-electron chi connectivity index (χ3n) is 4.14. The quantitative estimate of drug-likeness (QED) is 0.761. The zero-order valence-electron chi connectivity index (χ0n) is 11.8. The van der Waals surface area contributed by atoms with E-state index in [1.54, 1.807) is 0 Å². The molecule has 0 aliphatic heterocycles. The average Bonchev–Trinajstić information content (AvgIpc) is 2.46. The largest absolute Gasteiger partial charge is 0.388 e. The van der Waals surface area contributed by atoms with Gasteiger partial charge in [-0.2, -0.15) is 0 Å². The average molecular weight is 264 g/mol. The summed E-state index contributed by atoms with van der Waals surface area (Å²) in [6.07, 6.45) is 6.75. The van der Waals surface area contributed by atoms with Gasteiger partial charge in [0, 0.05) is 19.7 Å². The van der Waals surface area contributed by atoms with Crippen LogP contribution in [0.3, 0.4) is 0 Å².